The molecule has 0 aliphatic carbocycles. The third-order valence-corrected chi connectivity index (χ3v) is 4.82. The zero-order chi connectivity index (χ0) is 20.5. The molecular formula is C23H25NO5. The summed E-state index contributed by atoms with van der Waals surface area (Å²) in [6.07, 6.45) is 1.07. The zero-order valence-corrected chi connectivity index (χ0v) is 16.6. The van der Waals surface area contributed by atoms with Gasteiger partial charge >= 0.3 is 5.97 Å². The van der Waals surface area contributed by atoms with Crippen LogP contribution in [-0.2, 0) is 19.7 Å². The minimum atomic E-state index is -0.292. The molecule has 0 spiro atoms. The van der Waals surface area contributed by atoms with Gasteiger partial charge in [-0.15, -0.1) is 0 Å². The van der Waals surface area contributed by atoms with E-state index in [1.54, 1.807) is 24.3 Å². The van der Waals surface area contributed by atoms with E-state index in [9.17, 15) is 4.79 Å². The van der Waals surface area contributed by atoms with Crippen LogP contribution in [0.1, 0.15) is 30.9 Å². The Morgan fingerprint density at radius 2 is 1.62 bits per heavy atom. The van der Waals surface area contributed by atoms with Crippen LogP contribution in [0.3, 0.4) is 0 Å². The van der Waals surface area contributed by atoms with E-state index in [2.05, 4.69) is 6.07 Å². The lowest BCUT2D eigenvalue weighted by molar-refractivity contribution is -0.151. The Morgan fingerprint density at radius 3 is 2.10 bits per heavy atom. The van der Waals surface area contributed by atoms with E-state index in [0.29, 0.717) is 45.0 Å². The maximum Gasteiger partial charge on any atom is 0.306 e. The maximum atomic E-state index is 11.9. The van der Waals surface area contributed by atoms with Gasteiger partial charge in [-0.2, -0.15) is 5.26 Å². The summed E-state index contributed by atoms with van der Waals surface area (Å²) in [5.41, 5.74) is 1.38. The molecule has 6 nitrogen and oxygen atoms in total. The molecule has 0 saturated carbocycles. The molecule has 0 bridgehead atoms. The monoisotopic (exact) mass is 395 g/mol. The molecule has 0 N–H and O–H groups in total. The standard InChI is InChI=1S/C23H25NO5/c1-2-27-22(25)14-23(16-26-17-23)19-6-10-21(11-7-19)29-13-3-12-28-20-8-4-18(15-24)5-9-20/h4-11H,2-3,12-14,16-17H2,1H3. The molecule has 152 valence electrons. The molecule has 29 heavy (non-hydrogen) atoms. The van der Waals surface area contributed by atoms with E-state index in [4.69, 9.17) is 24.2 Å². The van der Waals surface area contributed by atoms with Crippen molar-refractivity contribution in [2.75, 3.05) is 33.0 Å². The fourth-order valence-corrected chi connectivity index (χ4v) is 3.18. The van der Waals surface area contributed by atoms with Crippen LogP contribution in [0.5, 0.6) is 11.5 Å². The summed E-state index contributed by atoms with van der Waals surface area (Å²) < 4.78 is 21.9. The number of carbonyl (C=O) groups is 1. The normalized spacial score (nSPS) is 14.3. The van der Waals surface area contributed by atoms with Crippen molar-refractivity contribution >= 4 is 5.97 Å². The summed E-state index contributed by atoms with van der Waals surface area (Å²) in [6, 6.07) is 16.9. The lowest BCUT2D eigenvalue weighted by Gasteiger charge is -2.41. The second kappa shape index (κ2) is 9.94. The largest absolute Gasteiger partial charge is 0.493 e. The van der Waals surface area contributed by atoms with Crippen molar-refractivity contribution in [2.24, 2.45) is 0 Å². The number of nitriles is 1. The van der Waals surface area contributed by atoms with Crippen molar-refractivity contribution in [3.63, 3.8) is 0 Å². The van der Waals surface area contributed by atoms with Crippen LogP contribution < -0.4 is 9.47 Å². The quantitative estimate of drug-likeness (QED) is 0.452. The van der Waals surface area contributed by atoms with E-state index in [1.165, 1.54) is 0 Å². The highest BCUT2D eigenvalue weighted by molar-refractivity contribution is 5.72. The number of hydrogen-bond donors (Lipinski definition) is 0. The lowest BCUT2D eigenvalue weighted by Crippen LogP contribution is -2.48. The minimum absolute atomic E-state index is 0.196. The Morgan fingerprint density at radius 1 is 1.03 bits per heavy atom. The van der Waals surface area contributed by atoms with Crippen LogP contribution in [0.15, 0.2) is 48.5 Å². The highest BCUT2D eigenvalue weighted by Gasteiger charge is 2.42. The molecule has 1 aliphatic heterocycles. The second-order valence-corrected chi connectivity index (χ2v) is 6.97. The van der Waals surface area contributed by atoms with Gasteiger partial charge in [-0.05, 0) is 48.9 Å². The number of nitrogens with zero attached hydrogens (tertiary/aromatic N) is 1. The third kappa shape index (κ3) is 5.49. The number of ether oxygens (including phenoxy) is 4. The molecule has 0 atom stereocenters. The van der Waals surface area contributed by atoms with E-state index in [-0.39, 0.29) is 11.4 Å². The van der Waals surface area contributed by atoms with Gasteiger partial charge in [0.05, 0.1) is 56.5 Å². The zero-order valence-electron chi connectivity index (χ0n) is 16.6. The van der Waals surface area contributed by atoms with Crippen molar-refractivity contribution in [1.29, 1.82) is 5.26 Å². The van der Waals surface area contributed by atoms with Crippen LogP contribution in [0.4, 0.5) is 0 Å². The second-order valence-electron chi connectivity index (χ2n) is 6.97. The summed E-state index contributed by atoms with van der Waals surface area (Å²) in [5, 5.41) is 8.79. The summed E-state index contributed by atoms with van der Waals surface area (Å²) in [7, 11) is 0. The predicted molar refractivity (Wildman–Crippen MR) is 107 cm³/mol. The first-order valence-electron chi connectivity index (χ1n) is 9.75. The van der Waals surface area contributed by atoms with Gasteiger partial charge in [0.2, 0.25) is 0 Å². The summed E-state index contributed by atoms with van der Waals surface area (Å²) in [5.74, 6) is 1.32. The molecular weight excluding hydrogens is 370 g/mol. The first-order valence-corrected chi connectivity index (χ1v) is 9.75. The highest BCUT2D eigenvalue weighted by Crippen LogP contribution is 2.36. The predicted octanol–water partition coefficient (Wildman–Crippen LogP) is 3.63. The Hall–Kier alpha value is -3.04. The average Bonchev–Trinajstić information content (AvgIpc) is 2.72. The molecule has 0 aromatic heterocycles. The number of esters is 1. The van der Waals surface area contributed by atoms with Gasteiger partial charge in [0.1, 0.15) is 11.5 Å². The fraction of sp³-hybridized carbons (Fsp3) is 0.391. The van der Waals surface area contributed by atoms with Gasteiger partial charge in [0, 0.05) is 6.42 Å². The number of rotatable bonds is 10. The lowest BCUT2D eigenvalue weighted by atomic mass is 9.76. The Labute approximate surface area is 171 Å². The third-order valence-electron chi connectivity index (χ3n) is 4.82. The van der Waals surface area contributed by atoms with Crippen molar-refractivity contribution < 1.29 is 23.7 Å². The van der Waals surface area contributed by atoms with Crippen LogP contribution in [0, 0.1) is 11.3 Å². The maximum absolute atomic E-state index is 11.9. The summed E-state index contributed by atoms with van der Waals surface area (Å²) in [6.45, 7) is 4.31. The van der Waals surface area contributed by atoms with E-state index >= 15 is 0 Å². The molecule has 3 rings (SSSR count). The highest BCUT2D eigenvalue weighted by atomic mass is 16.5. The van der Waals surface area contributed by atoms with E-state index < -0.39 is 0 Å². The van der Waals surface area contributed by atoms with Gasteiger partial charge in [0.25, 0.3) is 0 Å². The van der Waals surface area contributed by atoms with Gasteiger partial charge in [0.15, 0.2) is 0 Å². The molecule has 0 unspecified atom stereocenters. The topological polar surface area (TPSA) is 77.8 Å². The smallest absolute Gasteiger partial charge is 0.306 e. The van der Waals surface area contributed by atoms with Crippen molar-refractivity contribution in [1.82, 2.24) is 0 Å². The number of carbonyl (C=O) groups excluding carboxylic acids is 1. The summed E-state index contributed by atoms with van der Waals surface area (Å²) in [4.78, 5) is 11.9. The number of benzene rings is 2. The van der Waals surface area contributed by atoms with Crippen LogP contribution in [0.25, 0.3) is 0 Å². The van der Waals surface area contributed by atoms with E-state index in [0.717, 1.165) is 23.5 Å². The van der Waals surface area contributed by atoms with Gasteiger partial charge in [-0.1, -0.05) is 12.1 Å². The van der Waals surface area contributed by atoms with Gasteiger partial charge in [-0.25, -0.2) is 0 Å². The van der Waals surface area contributed by atoms with Crippen LogP contribution >= 0.6 is 0 Å². The molecule has 1 fully saturated rings. The molecule has 1 saturated heterocycles. The first kappa shape index (κ1) is 20.7. The SMILES string of the molecule is CCOC(=O)CC1(c2ccc(OCCCOc3ccc(C#N)cc3)cc2)COC1. The Bertz CT molecular complexity index is 835. The van der Waals surface area contributed by atoms with Crippen molar-refractivity contribution in [3.05, 3.63) is 59.7 Å². The van der Waals surface area contributed by atoms with E-state index in [1.807, 2.05) is 31.2 Å². The Kier molecular flexibility index (Phi) is 7.09. The molecule has 2 aromatic carbocycles. The summed E-state index contributed by atoms with van der Waals surface area (Å²) >= 11 is 0. The van der Waals surface area contributed by atoms with Crippen molar-refractivity contribution in [2.45, 2.75) is 25.2 Å². The molecule has 1 aliphatic rings. The van der Waals surface area contributed by atoms with Gasteiger partial charge < -0.3 is 18.9 Å². The average molecular weight is 395 g/mol. The Balaban J connectivity index is 1.43. The molecule has 0 amide bonds. The number of hydrogen-bond acceptors (Lipinski definition) is 6. The molecule has 6 heteroatoms. The van der Waals surface area contributed by atoms with Crippen molar-refractivity contribution in [3.8, 4) is 17.6 Å². The molecule has 0 radical (unpaired) electrons. The first-order chi connectivity index (χ1) is 14.1. The van der Waals surface area contributed by atoms with Crippen LogP contribution in [-0.4, -0.2) is 39.0 Å². The van der Waals surface area contributed by atoms with Gasteiger partial charge in [-0.3, -0.25) is 4.79 Å². The molecule has 2 aromatic rings. The minimum Gasteiger partial charge on any atom is -0.493 e. The molecule has 1 heterocycles. The fourth-order valence-electron chi connectivity index (χ4n) is 3.18. The van der Waals surface area contributed by atoms with Crippen LogP contribution in [0.2, 0.25) is 0 Å².